The molecule has 0 aliphatic rings. The fraction of sp³-hybridized carbons (Fsp3) is 0.167. The number of aromatic nitrogens is 1. The van der Waals surface area contributed by atoms with Crippen LogP contribution in [0.15, 0.2) is 24.5 Å². The van der Waals surface area contributed by atoms with Gasteiger partial charge < -0.3 is 5.73 Å². The molecule has 0 radical (unpaired) electrons. The van der Waals surface area contributed by atoms with Crippen molar-refractivity contribution in [2.24, 2.45) is 5.73 Å². The Balaban J connectivity index is 2.77. The smallest absolute Gasteiger partial charge is 0.333 e. The Hall–Kier alpha value is -1.45. The predicted molar refractivity (Wildman–Crippen MR) is 38.2 cm³/mol. The lowest BCUT2D eigenvalue weighted by atomic mass is 10.7. The maximum Gasteiger partial charge on any atom is 0.333 e. The van der Waals surface area contributed by atoms with Crippen LogP contribution in [0.2, 0.25) is 0 Å². The van der Waals surface area contributed by atoms with Gasteiger partial charge >= 0.3 is 6.03 Å². The Labute approximate surface area is 58.8 Å². The van der Waals surface area contributed by atoms with Gasteiger partial charge in [0.15, 0.2) is 0 Å². The van der Waals surface area contributed by atoms with Crippen LogP contribution < -0.4 is 10.7 Å². The summed E-state index contributed by atoms with van der Waals surface area (Å²) in [5.41, 5.74) is 4.99. The molecule has 1 rings (SSSR count). The lowest BCUT2D eigenvalue weighted by molar-refractivity contribution is 0.250. The molecular weight excluding hydrogens is 130 g/mol. The standard InChI is InChI=1S/C6H9N3O/c1-8(6(7)10)9-4-2-3-5-9/h2-5H,1H3,(H2,7,10). The van der Waals surface area contributed by atoms with Crippen LogP contribution >= 0.6 is 0 Å². The third-order valence-corrected chi connectivity index (χ3v) is 1.25. The van der Waals surface area contributed by atoms with Crippen LogP contribution in [0.5, 0.6) is 0 Å². The highest BCUT2D eigenvalue weighted by Gasteiger charge is 2.01. The molecule has 1 aromatic heterocycles. The number of carbonyl (C=O) groups excluding carboxylic acids is 1. The Morgan fingerprint density at radius 1 is 1.50 bits per heavy atom. The van der Waals surface area contributed by atoms with Gasteiger partial charge in [0.25, 0.3) is 0 Å². The number of hydrogen-bond donors (Lipinski definition) is 1. The molecule has 0 saturated carbocycles. The van der Waals surface area contributed by atoms with Crippen molar-refractivity contribution in [2.75, 3.05) is 12.1 Å². The number of amides is 2. The minimum absolute atomic E-state index is 0.476. The van der Waals surface area contributed by atoms with E-state index in [1.165, 1.54) is 5.01 Å². The zero-order chi connectivity index (χ0) is 7.56. The first-order valence-corrected chi connectivity index (χ1v) is 2.88. The largest absolute Gasteiger partial charge is 0.350 e. The summed E-state index contributed by atoms with van der Waals surface area (Å²) >= 11 is 0. The summed E-state index contributed by atoms with van der Waals surface area (Å²) in [6, 6.07) is 3.16. The van der Waals surface area contributed by atoms with Gasteiger partial charge in [-0.2, -0.15) is 0 Å². The van der Waals surface area contributed by atoms with Crippen molar-refractivity contribution in [1.82, 2.24) is 4.68 Å². The van der Waals surface area contributed by atoms with Gasteiger partial charge in [0, 0.05) is 19.4 Å². The maximum absolute atomic E-state index is 10.5. The van der Waals surface area contributed by atoms with Crippen LogP contribution in [0.1, 0.15) is 0 Å². The Morgan fingerprint density at radius 3 is 2.40 bits per heavy atom. The molecule has 0 unspecified atom stereocenters. The second kappa shape index (κ2) is 2.43. The second-order valence-electron chi connectivity index (χ2n) is 1.92. The zero-order valence-corrected chi connectivity index (χ0v) is 5.69. The van der Waals surface area contributed by atoms with Crippen molar-refractivity contribution < 1.29 is 4.79 Å². The van der Waals surface area contributed by atoms with Gasteiger partial charge in [0.05, 0.1) is 0 Å². The summed E-state index contributed by atoms with van der Waals surface area (Å²) in [4.78, 5) is 10.5. The molecule has 0 aliphatic heterocycles. The summed E-state index contributed by atoms with van der Waals surface area (Å²) < 4.78 is 1.60. The van der Waals surface area contributed by atoms with Crippen molar-refractivity contribution in [3.05, 3.63) is 24.5 Å². The van der Waals surface area contributed by atoms with Crippen LogP contribution in [-0.2, 0) is 0 Å². The Morgan fingerprint density at radius 2 is 2.00 bits per heavy atom. The number of carbonyl (C=O) groups is 1. The molecule has 4 heteroatoms. The highest BCUT2D eigenvalue weighted by molar-refractivity contribution is 5.81. The SMILES string of the molecule is CN(C(N)=O)n1cccc1. The van der Waals surface area contributed by atoms with E-state index >= 15 is 0 Å². The predicted octanol–water partition coefficient (Wildman–Crippen LogP) is 0.135. The van der Waals surface area contributed by atoms with Gasteiger partial charge in [-0.3, -0.25) is 4.68 Å². The molecule has 0 saturated heterocycles. The summed E-state index contributed by atoms with van der Waals surface area (Å²) in [6.07, 6.45) is 3.48. The monoisotopic (exact) mass is 139 g/mol. The van der Waals surface area contributed by atoms with Gasteiger partial charge in [0.2, 0.25) is 0 Å². The fourth-order valence-corrected chi connectivity index (χ4v) is 0.639. The van der Waals surface area contributed by atoms with E-state index in [9.17, 15) is 4.79 Å². The summed E-state index contributed by atoms with van der Waals surface area (Å²) in [7, 11) is 1.60. The molecule has 1 heterocycles. The number of rotatable bonds is 1. The molecular formula is C6H9N3O. The second-order valence-corrected chi connectivity index (χ2v) is 1.92. The van der Waals surface area contributed by atoms with E-state index < -0.39 is 6.03 Å². The molecule has 0 fully saturated rings. The van der Waals surface area contributed by atoms with Gasteiger partial charge in [0.1, 0.15) is 0 Å². The normalized spacial score (nSPS) is 9.30. The molecule has 0 aliphatic carbocycles. The molecule has 54 valence electrons. The maximum atomic E-state index is 10.5. The average molecular weight is 139 g/mol. The van der Waals surface area contributed by atoms with E-state index in [0.29, 0.717) is 0 Å². The summed E-state index contributed by atoms with van der Waals surface area (Å²) in [5.74, 6) is 0. The first-order valence-electron chi connectivity index (χ1n) is 2.88. The lowest BCUT2D eigenvalue weighted by Crippen LogP contribution is -2.39. The van der Waals surface area contributed by atoms with E-state index in [-0.39, 0.29) is 0 Å². The van der Waals surface area contributed by atoms with Crippen LogP contribution in [-0.4, -0.2) is 17.8 Å². The molecule has 0 bridgehead atoms. The van der Waals surface area contributed by atoms with Crippen molar-refractivity contribution in [3.8, 4) is 0 Å². The summed E-state index contributed by atoms with van der Waals surface area (Å²) in [6.45, 7) is 0. The molecule has 1 aromatic rings. The number of nitrogens with two attached hydrogens (primary N) is 1. The highest BCUT2D eigenvalue weighted by Crippen LogP contribution is 1.89. The van der Waals surface area contributed by atoms with Crippen LogP contribution in [0.3, 0.4) is 0 Å². The molecule has 2 amide bonds. The third-order valence-electron chi connectivity index (χ3n) is 1.25. The van der Waals surface area contributed by atoms with Crippen molar-refractivity contribution >= 4 is 6.03 Å². The number of urea groups is 1. The van der Waals surface area contributed by atoms with Crippen LogP contribution in [0.25, 0.3) is 0 Å². The van der Waals surface area contributed by atoms with Gasteiger partial charge in [-0.1, -0.05) is 0 Å². The number of primary amides is 1. The van der Waals surface area contributed by atoms with Crippen molar-refractivity contribution in [3.63, 3.8) is 0 Å². The van der Waals surface area contributed by atoms with Crippen molar-refractivity contribution in [2.45, 2.75) is 0 Å². The molecule has 10 heavy (non-hydrogen) atoms. The van der Waals surface area contributed by atoms with Crippen LogP contribution in [0, 0.1) is 0 Å². The van der Waals surface area contributed by atoms with Gasteiger partial charge in [-0.25, -0.2) is 9.80 Å². The Kier molecular flexibility index (Phi) is 1.62. The molecule has 2 N–H and O–H groups in total. The van der Waals surface area contributed by atoms with E-state index in [4.69, 9.17) is 5.73 Å². The van der Waals surface area contributed by atoms with E-state index in [1.54, 1.807) is 24.1 Å². The first-order chi connectivity index (χ1) is 4.72. The van der Waals surface area contributed by atoms with Gasteiger partial charge in [-0.05, 0) is 12.1 Å². The minimum Gasteiger partial charge on any atom is -0.350 e. The minimum atomic E-state index is -0.476. The van der Waals surface area contributed by atoms with Crippen molar-refractivity contribution in [1.29, 1.82) is 0 Å². The molecule has 0 aromatic carbocycles. The Bertz CT molecular complexity index is 217. The average Bonchev–Trinajstić information content (AvgIpc) is 2.36. The molecule has 0 spiro atoms. The highest BCUT2D eigenvalue weighted by atomic mass is 16.2. The fourth-order valence-electron chi connectivity index (χ4n) is 0.639. The topological polar surface area (TPSA) is 51.3 Å². The quantitative estimate of drug-likeness (QED) is 0.591. The summed E-state index contributed by atoms with van der Waals surface area (Å²) in [5, 5.41) is 1.31. The number of nitrogens with zero attached hydrogens (tertiary/aromatic N) is 2. The van der Waals surface area contributed by atoms with Gasteiger partial charge in [-0.15, -0.1) is 0 Å². The lowest BCUT2D eigenvalue weighted by Gasteiger charge is -2.14. The third kappa shape index (κ3) is 1.10. The van der Waals surface area contributed by atoms with Crippen LogP contribution in [0.4, 0.5) is 4.79 Å². The van der Waals surface area contributed by atoms with E-state index in [2.05, 4.69) is 0 Å². The number of hydrogen-bond acceptors (Lipinski definition) is 1. The zero-order valence-electron chi connectivity index (χ0n) is 5.69. The molecule has 0 atom stereocenters. The first kappa shape index (κ1) is 6.67. The van der Waals surface area contributed by atoms with E-state index in [0.717, 1.165) is 0 Å². The van der Waals surface area contributed by atoms with E-state index in [1.807, 2.05) is 12.1 Å². The molecule has 4 nitrogen and oxygen atoms in total.